The molecule has 0 spiro atoms. The average Bonchev–Trinajstić information content (AvgIpc) is 1.84. The summed E-state index contributed by atoms with van der Waals surface area (Å²) in [5, 5.41) is 0. The number of nitrogens with zero attached hydrogens (tertiary/aromatic N) is 1. The summed E-state index contributed by atoms with van der Waals surface area (Å²) in [5.74, 6) is -1.58. The van der Waals surface area contributed by atoms with Gasteiger partial charge in [0, 0.05) is 7.05 Å². The Labute approximate surface area is 60.8 Å². The number of hydrogen-bond acceptors (Lipinski definition) is 1. The van der Waals surface area contributed by atoms with Gasteiger partial charge >= 0.3 is 6.43 Å². The summed E-state index contributed by atoms with van der Waals surface area (Å²) in [4.78, 5) is 10.5. The van der Waals surface area contributed by atoms with Gasteiger partial charge in [-0.1, -0.05) is 0 Å². The molecule has 0 aromatic carbocycles. The zero-order chi connectivity index (χ0) is 9.02. The van der Waals surface area contributed by atoms with Crippen LogP contribution in [0.5, 0.6) is 0 Å². The van der Waals surface area contributed by atoms with E-state index in [9.17, 15) is 22.4 Å². The zero-order valence-electron chi connectivity index (χ0n) is 5.73. The van der Waals surface area contributed by atoms with Crippen LogP contribution in [0.1, 0.15) is 0 Å². The minimum atomic E-state index is -3.21. The fourth-order valence-corrected chi connectivity index (χ4v) is 0.464. The van der Waals surface area contributed by atoms with Crippen LogP contribution >= 0.6 is 0 Å². The van der Waals surface area contributed by atoms with E-state index in [2.05, 4.69) is 0 Å². The van der Waals surface area contributed by atoms with Gasteiger partial charge in [0.05, 0.1) is 6.54 Å². The Morgan fingerprint density at radius 1 is 1.36 bits per heavy atom. The summed E-state index contributed by atoms with van der Waals surface area (Å²) in [5.41, 5.74) is 0. The number of alkyl halides is 4. The quantitative estimate of drug-likeness (QED) is 0.582. The fourth-order valence-electron chi connectivity index (χ4n) is 0.464. The number of halogens is 4. The SMILES string of the molecule is CN(CC(F)F)C(=O)C(F)F. The minimum absolute atomic E-state index is 0.301. The standard InChI is InChI=1S/C5H7F4NO/c1-10(2-3(6)7)5(11)4(8)9/h3-4H,2H2,1H3. The van der Waals surface area contributed by atoms with Crippen molar-refractivity contribution in [3.8, 4) is 0 Å². The first-order chi connectivity index (χ1) is 4.95. The fraction of sp³-hybridized carbons (Fsp3) is 0.800. The third-order valence-electron chi connectivity index (χ3n) is 0.975. The van der Waals surface area contributed by atoms with E-state index in [-0.39, 0.29) is 0 Å². The average molecular weight is 173 g/mol. The Bertz CT molecular complexity index is 138. The molecule has 2 nitrogen and oxygen atoms in total. The highest BCUT2D eigenvalue weighted by atomic mass is 19.3. The number of rotatable bonds is 3. The molecule has 0 saturated heterocycles. The van der Waals surface area contributed by atoms with E-state index in [1.54, 1.807) is 0 Å². The highest BCUT2D eigenvalue weighted by Gasteiger charge is 2.22. The van der Waals surface area contributed by atoms with E-state index in [4.69, 9.17) is 0 Å². The van der Waals surface area contributed by atoms with Crippen LogP contribution in [0.25, 0.3) is 0 Å². The van der Waals surface area contributed by atoms with Crippen molar-refractivity contribution in [2.24, 2.45) is 0 Å². The molecule has 0 aliphatic heterocycles. The molecule has 66 valence electrons. The first-order valence-corrected chi connectivity index (χ1v) is 2.76. The number of carbonyl (C=O) groups excluding carboxylic acids is 1. The van der Waals surface area contributed by atoms with Crippen LogP contribution in [0.4, 0.5) is 17.6 Å². The summed E-state index contributed by atoms with van der Waals surface area (Å²) in [7, 11) is 0.903. The molecule has 0 bridgehead atoms. The molecule has 0 aliphatic rings. The van der Waals surface area contributed by atoms with Gasteiger partial charge in [-0.2, -0.15) is 8.78 Å². The zero-order valence-corrected chi connectivity index (χ0v) is 5.73. The second-order valence-electron chi connectivity index (χ2n) is 1.91. The van der Waals surface area contributed by atoms with E-state index in [1.165, 1.54) is 0 Å². The van der Waals surface area contributed by atoms with Gasteiger partial charge in [0.2, 0.25) is 0 Å². The molecule has 0 aliphatic carbocycles. The lowest BCUT2D eigenvalue weighted by molar-refractivity contribution is -0.143. The monoisotopic (exact) mass is 173 g/mol. The molecule has 0 heterocycles. The van der Waals surface area contributed by atoms with Gasteiger partial charge in [0.15, 0.2) is 0 Å². The van der Waals surface area contributed by atoms with Crippen molar-refractivity contribution in [3.63, 3.8) is 0 Å². The third kappa shape index (κ3) is 3.79. The Balaban J connectivity index is 3.83. The van der Waals surface area contributed by atoms with E-state index in [0.717, 1.165) is 7.05 Å². The molecule has 0 radical (unpaired) electrons. The second-order valence-corrected chi connectivity index (χ2v) is 1.91. The first kappa shape index (κ1) is 10.2. The predicted molar refractivity (Wildman–Crippen MR) is 29.6 cm³/mol. The molecule has 0 atom stereocenters. The van der Waals surface area contributed by atoms with E-state index in [0.29, 0.717) is 4.90 Å². The third-order valence-corrected chi connectivity index (χ3v) is 0.975. The van der Waals surface area contributed by atoms with Gasteiger partial charge < -0.3 is 4.90 Å². The molecule has 0 N–H and O–H groups in total. The van der Waals surface area contributed by atoms with E-state index < -0.39 is 25.3 Å². The highest BCUT2D eigenvalue weighted by molar-refractivity contribution is 5.78. The molecule has 0 aromatic heterocycles. The van der Waals surface area contributed by atoms with Crippen LogP contribution in [-0.2, 0) is 4.79 Å². The van der Waals surface area contributed by atoms with Gasteiger partial charge in [-0.25, -0.2) is 8.78 Å². The molecule has 0 unspecified atom stereocenters. The minimum Gasteiger partial charge on any atom is -0.335 e. The van der Waals surface area contributed by atoms with E-state index in [1.807, 2.05) is 0 Å². The molecule has 11 heavy (non-hydrogen) atoms. The van der Waals surface area contributed by atoms with Crippen LogP contribution in [0.3, 0.4) is 0 Å². The maximum atomic E-state index is 11.5. The summed E-state index contributed by atoms with van der Waals surface area (Å²) in [6.07, 6.45) is -5.98. The molecular formula is C5H7F4NO. The van der Waals surface area contributed by atoms with Crippen molar-refractivity contribution >= 4 is 5.91 Å². The van der Waals surface area contributed by atoms with Gasteiger partial charge in [-0.15, -0.1) is 0 Å². The summed E-state index contributed by atoms with van der Waals surface area (Å²) < 4.78 is 45.9. The van der Waals surface area contributed by atoms with Gasteiger partial charge in [-0.05, 0) is 0 Å². The van der Waals surface area contributed by atoms with Gasteiger partial charge in [0.1, 0.15) is 0 Å². The number of hydrogen-bond donors (Lipinski definition) is 0. The highest BCUT2D eigenvalue weighted by Crippen LogP contribution is 2.01. The maximum absolute atomic E-state index is 11.5. The lowest BCUT2D eigenvalue weighted by Crippen LogP contribution is -2.35. The first-order valence-electron chi connectivity index (χ1n) is 2.76. The number of amides is 1. The molecule has 0 fully saturated rings. The molecule has 1 amide bonds. The molecule has 6 heteroatoms. The Hall–Kier alpha value is -0.810. The number of carbonyl (C=O) groups is 1. The van der Waals surface area contributed by atoms with Crippen LogP contribution < -0.4 is 0 Å². The molecule has 0 rings (SSSR count). The second kappa shape index (κ2) is 4.15. The Morgan fingerprint density at radius 3 is 2.09 bits per heavy atom. The summed E-state index contributed by atoms with van der Waals surface area (Å²) in [6, 6.07) is 0. The van der Waals surface area contributed by atoms with Crippen molar-refractivity contribution in [2.45, 2.75) is 12.9 Å². The largest absolute Gasteiger partial charge is 0.335 e. The Morgan fingerprint density at radius 2 is 1.82 bits per heavy atom. The molecular weight excluding hydrogens is 166 g/mol. The van der Waals surface area contributed by atoms with Gasteiger partial charge in [-0.3, -0.25) is 4.79 Å². The molecule has 0 saturated carbocycles. The van der Waals surface area contributed by atoms with Crippen LogP contribution in [0.15, 0.2) is 0 Å². The molecule has 0 aromatic rings. The topological polar surface area (TPSA) is 20.3 Å². The van der Waals surface area contributed by atoms with Crippen molar-refractivity contribution in [2.75, 3.05) is 13.6 Å². The maximum Gasteiger partial charge on any atom is 0.315 e. The van der Waals surface area contributed by atoms with Crippen LogP contribution in [-0.4, -0.2) is 37.3 Å². The van der Waals surface area contributed by atoms with Gasteiger partial charge in [0.25, 0.3) is 12.3 Å². The van der Waals surface area contributed by atoms with Crippen molar-refractivity contribution in [3.05, 3.63) is 0 Å². The normalized spacial score (nSPS) is 10.8. The smallest absolute Gasteiger partial charge is 0.315 e. The Kier molecular flexibility index (Phi) is 3.84. The van der Waals surface area contributed by atoms with Crippen molar-refractivity contribution < 1.29 is 22.4 Å². The lowest BCUT2D eigenvalue weighted by Gasteiger charge is -2.14. The lowest BCUT2D eigenvalue weighted by atomic mass is 10.5. The van der Waals surface area contributed by atoms with Crippen LogP contribution in [0, 0.1) is 0 Å². The van der Waals surface area contributed by atoms with E-state index >= 15 is 0 Å². The predicted octanol–water partition coefficient (Wildman–Crippen LogP) is 0.975. The van der Waals surface area contributed by atoms with Crippen molar-refractivity contribution in [1.82, 2.24) is 4.90 Å². The van der Waals surface area contributed by atoms with Crippen LogP contribution in [0.2, 0.25) is 0 Å². The van der Waals surface area contributed by atoms with Crippen molar-refractivity contribution in [1.29, 1.82) is 0 Å². The summed E-state index contributed by atoms with van der Waals surface area (Å²) >= 11 is 0. The summed E-state index contributed by atoms with van der Waals surface area (Å²) in [6.45, 7) is -0.955.